The number of hydrogen-bond donors (Lipinski definition) is 1. The van der Waals surface area contributed by atoms with Crippen LogP contribution in [0, 0.1) is 0 Å². The van der Waals surface area contributed by atoms with Gasteiger partial charge in [0, 0.05) is 6.54 Å². The number of ether oxygens (including phenoxy) is 1. The fourth-order valence-corrected chi connectivity index (χ4v) is 3.94. The predicted molar refractivity (Wildman–Crippen MR) is 113 cm³/mol. The quantitative estimate of drug-likeness (QED) is 0.595. The molecule has 2 aromatic rings. The Balaban J connectivity index is 2.14. The Kier molecular flexibility index (Phi) is 7.83. The third-order valence-corrected chi connectivity index (χ3v) is 5.80. The van der Waals surface area contributed by atoms with Crippen LogP contribution in [-0.2, 0) is 21.4 Å². The number of carbonyl (C=O) groups excluding carboxylic acids is 1. The lowest BCUT2D eigenvalue weighted by molar-refractivity contribution is -0.119. The molecule has 10 heteroatoms. The summed E-state index contributed by atoms with van der Waals surface area (Å²) in [5.74, 6) is 0.184. The fourth-order valence-electron chi connectivity index (χ4n) is 2.38. The summed E-state index contributed by atoms with van der Waals surface area (Å²) < 4.78 is 30.7. The van der Waals surface area contributed by atoms with E-state index in [-0.39, 0.29) is 27.3 Å². The number of nitrogens with zero attached hydrogens (tertiary/aromatic N) is 1. The van der Waals surface area contributed by atoms with E-state index < -0.39 is 22.5 Å². The van der Waals surface area contributed by atoms with Gasteiger partial charge in [-0.3, -0.25) is 9.10 Å². The van der Waals surface area contributed by atoms with Gasteiger partial charge in [0.15, 0.2) is 0 Å². The van der Waals surface area contributed by atoms with Crippen molar-refractivity contribution in [3.05, 3.63) is 57.0 Å². The highest BCUT2D eigenvalue weighted by Crippen LogP contribution is 2.35. The van der Waals surface area contributed by atoms with Gasteiger partial charge in [0.2, 0.25) is 15.9 Å². The minimum Gasteiger partial charge on any atom is -0.494 e. The van der Waals surface area contributed by atoms with Crippen LogP contribution >= 0.6 is 34.8 Å². The van der Waals surface area contributed by atoms with Crippen LogP contribution in [0.15, 0.2) is 36.4 Å². The molecule has 0 saturated heterocycles. The van der Waals surface area contributed by atoms with Gasteiger partial charge in [-0.2, -0.15) is 0 Å². The normalized spacial score (nSPS) is 11.2. The fraction of sp³-hybridized carbons (Fsp3) is 0.278. The molecule has 0 radical (unpaired) electrons. The van der Waals surface area contributed by atoms with Crippen LogP contribution < -0.4 is 14.4 Å². The van der Waals surface area contributed by atoms with E-state index in [2.05, 4.69) is 5.32 Å². The molecule has 0 saturated carbocycles. The van der Waals surface area contributed by atoms with Gasteiger partial charge in [-0.05, 0) is 36.8 Å². The third kappa shape index (κ3) is 6.17. The lowest BCUT2D eigenvalue weighted by atomic mass is 10.2. The first kappa shape index (κ1) is 22.6. The van der Waals surface area contributed by atoms with Crippen molar-refractivity contribution in [1.82, 2.24) is 5.32 Å². The van der Waals surface area contributed by atoms with Gasteiger partial charge in [-0.25, -0.2) is 8.42 Å². The van der Waals surface area contributed by atoms with E-state index >= 15 is 0 Å². The van der Waals surface area contributed by atoms with Crippen molar-refractivity contribution in [2.75, 3.05) is 23.7 Å². The van der Waals surface area contributed by atoms with E-state index in [9.17, 15) is 13.2 Å². The van der Waals surface area contributed by atoms with Crippen LogP contribution in [0.1, 0.15) is 12.5 Å². The smallest absolute Gasteiger partial charge is 0.241 e. The second-order valence-electron chi connectivity index (χ2n) is 5.84. The molecule has 2 aromatic carbocycles. The van der Waals surface area contributed by atoms with Crippen LogP contribution in [0.3, 0.4) is 0 Å². The highest BCUT2D eigenvalue weighted by atomic mass is 35.5. The van der Waals surface area contributed by atoms with Crippen molar-refractivity contribution in [3.8, 4) is 5.75 Å². The van der Waals surface area contributed by atoms with Gasteiger partial charge in [0.05, 0.1) is 33.6 Å². The Morgan fingerprint density at radius 1 is 1.11 bits per heavy atom. The molecule has 0 aliphatic rings. The number of carbonyl (C=O) groups is 1. The van der Waals surface area contributed by atoms with Crippen LogP contribution in [-0.4, -0.2) is 33.7 Å². The molecule has 0 spiro atoms. The predicted octanol–water partition coefficient (Wildman–Crippen LogP) is 4.13. The standard InChI is InChI=1S/C18H19Cl3N2O4S/c1-3-27-13-6-4-5-12(7-13)10-22-18(24)11-23(28(2,25)26)17-9-15(20)14(19)8-16(17)21/h4-9H,3,10-11H2,1-2H3,(H,22,24). The minimum atomic E-state index is -3.80. The van der Waals surface area contributed by atoms with Gasteiger partial charge in [0.25, 0.3) is 0 Å². The largest absolute Gasteiger partial charge is 0.494 e. The van der Waals surface area contributed by atoms with Crippen molar-refractivity contribution in [2.24, 2.45) is 0 Å². The second-order valence-corrected chi connectivity index (χ2v) is 8.97. The lowest BCUT2D eigenvalue weighted by Gasteiger charge is -2.23. The summed E-state index contributed by atoms with van der Waals surface area (Å²) in [6.07, 6.45) is 0.977. The summed E-state index contributed by atoms with van der Waals surface area (Å²) in [5, 5.41) is 3.06. The molecule has 1 N–H and O–H groups in total. The molecule has 0 bridgehead atoms. The Bertz CT molecular complexity index is 967. The Labute approximate surface area is 179 Å². The van der Waals surface area contributed by atoms with E-state index in [4.69, 9.17) is 39.5 Å². The summed E-state index contributed by atoms with van der Waals surface area (Å²) in [7, 11) is -3.80. The molecule has 6 nitrogen and oxygen atoms in total. The Morgan fingerprint density at radius 2 is 1.79 bits per heavy atom. The maximum atomic E-state index is 12.4. The number of sulfonamides is 1. The van der Waals surface area contributed by atoms with E-state index in [0.717, 1.165) is 16.1 Å². The molecule has 0 aliphatic carbocycles. The topological polar surface area (TPSA) is 75.7 Å². The number of benzene rings is 2. The van der Waals surface area contributed by atoms with E-state index in [0.29, 0.717) is 12.4 Å². The zero-order valence-electron chi connectivity index (χ0n) is 15.2. The number of amides is 1. The van der Waals surface area contributed by atoms with Gasteiger partial charge < -0.3 is 10.1 Å². The molecule has 152 valence electrons. The molecular formula is C18H19Cl3N2O4S. The zero-order chi connectivity index (χ0) is 20.9. The summed E-state index contributed by atoms with van der Waals surface area (Å²) in [6, 6.07) is 9.89. The number of anilines is 1. The Morgan fingerprint density at radius 3 is 2.43 bits per heavy atom. The van der Waals surface area contributed by atoms with E-state index in [1.165, 1.54) is 12.1 Å². The van der Waals surface area contributed by atoms with Crippen molar-refractivity contribution in [3.63, 3.8) is 0 Å². The molecule has 0 unspecified atom stereocenters. The molecule has 0 aliphatic heterocycles. The summed E-state index contributed by atoms with van der Waals surface area (Å²) in [4.78, 5) is 12.4. The first-order valence-electron chi connectivity index (χ1n) is 8.22. The molecule has 0 atom stereocenters. The SMILES string of the molecule is CCOc1cccc(CNC(=O)CN(c2cc(Cl)c(Cl)cc2Cl)S(C)(=O)=O)c1. The minimum absolute atomic E-state index is 0.0667. The van der Waals surface area contributed by atoms with Gasteiger partial charge in [-0.1, -0.05) is 46.9 Å². The van der Waals surface area contributed by atoms with Crippen molar-refractivity contribution in [2.45, 2.75) is 13.5 Å². The molecule has 1 amide bonds. The average Bonchev–Trinajstić information content (AvgIpc) is 2.61. The molecule has 2 rings (SSSR count). The van der Waals surface area contributed by atoms with Crippen LogP contribution in [0.4, 0.5) is 5.69 Å². The Hall–Kier alpha value is -1.67. The molecule has 0 aromatic heterocycles. The maximum absolute atomic E-state index is 12.4. The van der Waals surface area contributed by atoms with Crippen LogP contribution in [0.5, 0.6) is 5.75 Å². The number of halogens is 3. The van der Waals surface area contributed by atoms with Crippen LogP contribution in [0.25, 0.3) is 0 Å². The molecular weight excluding hydrogens is 447 g/mol. The first-order chi connectivity index (χ1) is 13.1. The van der Waals surface area contributed by atoms with E-state index in [1.54, 1.807) is 6.07 Å². The monoisotopic (exact) mass is 464 g/mol. The van der Waals surface area contributed by atoms with Crippen molar-refractivity contribution >= 4 is 56.4 Å². The number of nitrogens with one attached hydrogen (secondary N) is 1. The van der Waals surface area contributed by atoms with Crippen molar-refractivity contribution < 1.29 is 17.9 Å². The highest BCUT2D eigenvalue weighted by molar-refractivity contribution is 7.92. The maximum Gasteiger partial charge on any atom is 0.241 e. The van der Waals surface area contributed by atoms with Gasteiger partial charge in [-0.15, -0.1) is 0 Å². The molecule has 0 heterocycles. The second kappa shape index (κ2) is 9.69. The number of rotatable bonds is 8. The highest BCUT2D eigenvalue weighted by Gasteiger charge is 2.24. The summed E-state index contributed by atoms with van der Waals surface area (Å²) >= 11 is 18.0. The lowest BCUT2D eigenvalue weighted by Crippen LogP contribution is -2.40. The average molecular weight is 466 g/mol. The summed E-state index contributed by atoms with van der Waals surface area (Å²) in [5.41, 5.74) is 0.893. The van der Waals surface area contributed by atoms with Gasteiger partial charge >= 0.3 is 0 Å². The molecule has 28 heavy (non-hydrogen) atoms. The zero-order valence-corrected chi connectivity index (χ0v) is 18.3. The molecule has 0 fully saturated rings. The third-order valence-electron chi connectivity index (χ3n) is 3.65. The van der Waals surface area contributed by atoms with Crippen LogP contribution in [0.2, 0.25) is 15.1 Å². The summed E-state index contributed by atoms with van der Waals surface area (Å²) in [6.45, 7) is 2.17. The number of hydrogen-bond acceptors (Lipinski definition) is 4. The van der Waals surface area contributed by atoms with E-state index in [1.807, 2.05) is 25.1 Å². The first-order valence-corrected chi connectivity index (χ1v) is 11.2. The van der Waals surface area contributed by atoms with Gasteiger partial charge in [0.1, 0.15) is 12.3 Å². The van der Waals surface area contributed by atoms with Crippen molar-refractivity contribution in [1.29, 1.82) is 0 Å².